The normalized spacial score (nSPS) is 10.4. The number of carbonyl (C=O) groups excluding carboxylic acids is 1. The van der Waals surface area contributed by atoms with Crippen LogP contribution in [-0.4, -0.2) is 45.5 Å². The second-order valence-corrected chi connectivity index (χ2v) is 6.18. The minimum Gasteiger partial charge on any atom is -0.476 e. The molecule has 0 radical (unpaired) electrons. The Hall–Kier alpha value is -2.27. The molecule has 0 aliphatic rings. The third-order valence-electron chi connectivity index (χ3n) is 2.29. The molecule has 0 saturated heterocycles. The van der Waals surface area contributed by atoms with Crippen molar-refractivity contribution in [3.05, 3.63) is 17.5 Å². The van der Waals surface area contributed by atoms with Crippen LogP contribution in [0, 0.1) is 11.8 Å². The Labute approximate surface area is 139 Å². The molecule has 1 heterocycles. The van der Waals surface area contributed by atoms with Gasteiger partial charge < -0.3 is 15.2 Å². The van der Waals surface area contributed by atoms with Gasteiger partial charge in [0, 0.05) is 19.2 Å². The number of hydrogen-bond donors (Lipinski definition) is 2. The highest BCUT2D eigenvalue weighted by Crippen LogP contribution is 2.11. The average molecular weight is 337 g/mol. The molecule has 8 heteroatoms. The molecule has 0 bridgehead atoms. The quantitative estimate of drug-likeness (QED) is 0.376. The van der Waals surface area contributed by atoms with Crippen LogP contribution in [0.2, 0.25) is 0 Å². The SMILES string of the molecule is CSc1ncc(C#CCCNC(=O)OC(C)(C)C)c(C(=O)O)n1. The lowest BCUT2D eigenvalue weighted by molar-refractivity contribution is 0.0528. The fourth-order valence-corrected chi connectivity index (χ4v) is 1.76. The van der Waals surface area contributed by atoms with Crippen LogP contribution in [0.4, 0.5) is 4.79 Å². The summed E-state index contributed by atoms with van der Waals surface area (Å²) in [5.41, 5.74) is -0.438. The van der Waals surface area contributed by atoms with Crippen LogP contribution in [0.3, 0.4) is 0 Å². The Morgan fingerprint density at radius 1 is 1.43 bits per heavy atom. The maximum Gasteiger partial charge on any atom is 0.407 e. The molecule has 0 saturated carbocycles. The van der Waals surface area contributed by atoms with Gasteiger partial charge in [-0.1, -0.05) is 23.6 Å². The Kier molecular flexibility index (Phi) is 6.85. The largest absolute Gasteiger partial charge is 0.476 e. The van der Waals surface area contributed by atoms with E-state index >= 15 is 0 Å². The van der Waals surface area contributed by atoms with Gasteiger partial charge >= 0.3 is 12.1 Å². The Balaban J connectivity index is 2.60. The molecule has 124 valence electrons. The molecule has 0 aromatic carbocycles. The summed E-state index contributed by atoms with van der Waals surface area (Å²) in [5, 5.41) is 12.1. The van der Waals surface area contributed by atoms with Crippen molar-refractivity contribution < 1.29 is 19.4 Å². The Morgan fingerprint density at radius 3 is 2.70 bits per heavy atom. The van der Waals surface area contributed by atoms with E-state index in [1.165, 1.54) is 18.0 Å². The molecule has 1 rings (SSSR count). The van der Waals surface area contributed by atoms with E-state index in [1.54, 1.807) is 27.0 Å². The van der Waals surface area contributed by atoms with Crippen LogP contribution in [0.1, 0.15) is 43.2 Å². The van der Waals surface area contributed by atoms with Crippen molar-refractivity contribution in [2.45, 2.75) is 37.9 Å². The molecule has 0 unspecified atom stereocenters. The summed E-state index contributed by atoms with van der Waals surface area (Å²) in [5.74, 6) is 4.34. The zero-order valence-electron chi connectivity index (χ0n) is 13.5. The highest BCUT2D eigenvalue weighted by molar-refractivity contribution is 7.98. The number of carboxylic acid groups (broad SMARTS) is 1. The third-order valence-corrected chi connectivity index (χ3v) is 2.85. The first-order valence-electron chi connectivity index (χ1n) is 6.83. The van der Waals surface area contributed by atoms with E-state index in [2.05, 4.69) is 27.1 Å². The van der Waals surface area contributed by atoms with E-state index in [0.29, 0.717) is 18.1 Å². The lowest BCUT2D eigenvalue weighted by Gasteiger charge is -2.19. The summed E-state index contributed by atoms with van der Waals surface area (Å²) in [6.45, 7) is 5.63. The summed E-state index contributed by atoms with van der Waals surface area (Å²) in [7, 11) is 0. The third kappa shape index (κ3) is 7.02. The molecule has 7 nitrogen and oxygen atoms in total. The Bertz CT molecular complexity index is 644. The molecule has 1 aromatic rings. The van der Waals surface area contributed by atoms with Gasteiger partial charge in [-0.15, -0.1) is 0 Å². The zero-order valence-corrected chi connectivity index (χ0v) is 14.3. The first-order valence-corrected chi connectivity index (χ1v) is 8.05. The second-order valence-electron chi connectivity index (χ2n) is 5.40. The van der Waals surface area contributed by atoms with Crippen molar-refractivity contribution in [3.8, 4) is 11.8 Å². The molecule has 0 spiro atoms. The van der Waals surface area contributed by atoms with E-state index in [4.69, 9.17) is 9.84 Å². The number of hydrogen-bond acceptors (Lipinski definition) is 6. The number of ether oxygens (including phenoxy) is 1. The molecule has 0 atom stereocenters. The number of alkyl carbamates (subject to hydrolysis) is 1. The Morgan fingerprint density at radius 2 is 2.13 bits per heavy atom. The standard InChI is InChI=1S/C15H19N3O4S/c1-15(2,3)22-14(21)16-8-6-5-7-10-9-17-13(23-4)18-11(10)12(19)20/h9H,6,8H2,1-4H3,(H,16,21)(H,19,20). The van der Waals surface area contributed by atoms with Gasteiger partial charge in [0.25, 0.3) is 0 Å². The number of rotatable bonds is 4. The number of nitrogens with zero attached hydrogens (tertiary/aromatic N) is 2. The van der Waals surface area contributed by atoms with Crippen LogP contribution < -0.4 is 5.32 Å². The van der Waals surface area contributed by atoms with Gasteiger partial charge in [0.1, 0.15) is 5.60 Å². The first-order chi connectivity index (χ1) is 10.7. The minimum atomic E-state index is -1.15. The van der Waals surface area contributed by atoms with E-state index < -0.39 is 17.7 Å². The molecule has 23 heavy (non-hydrogen) atoms. The molecule has 0 aliphatic heterocycles. The summed E-state index contributed by atoms with van der Waals surface area (Å²) in [6.07, 6.45) is 2.98. The van der Waals surface area contributed by atoms with E-state index in [9.17, 15) is 9.59 Å². The highest BCUT2D eigenvalue weighted by atomic mass is 32.2. The number of amides is 1. The zero-order chi connectivity index (χ0) is 17.5. The van der Waals surface area contributed by atoms with Crippen molar-refractivity contribution >= 4 is 23.8 Å². The maximum atomic E-state index is 11.4. The van der Waals surface area contributed by atoms with Crippen molar-refractivity contribution in [2.24, 2.45) is 0 Å². The topological polar surface area (TPSA) is 101 Å². The van der Waals surface area contributed by atoms with Gasteiger partial charge in [0.2, 0.25) is 0 Å². The number of nitrogens with one attached hydrogen (secondary N) is 1. The number of thioether (sulfide) groups is 1. The van der Waals surface area contributed by atoms with Crippen LogP contribution in [0.15, 0.2) is 11.4 Å². The van der Waals surface area contributed by atoms with Crippen LogP contribution in [0.5, 0.6) is 0 Å². The smallest absolute Gasteiger partial charge is 0.407 e. The summed E-state index contributed by atoms with van der Waals surface area (Å²) in [6, 6.07) is 0. The lowest BCUT2D eigenvalue weighted by atomic mass is 10.2. The molecule has 2 N–H and O–H groups in total. The van der Waals surface area contributed by atoms with Gasteiger partial charge in [0.05, 0.1) is 5.56 Å². The fraction of sp³-hybridized carbons (Fsp3) is 0.467. The van der Waals surface area contributed by atoms with Gasteiger partial charge in [-0.25, -0.2) is 19.6 Å². The number of aromatic nitrogens is 2. The fourth-order valence-electron chi connectivity index (χ4n) is 1.42. The van der Waals surface area contributed by atoms with Crippen molar-refractivity contribution in [3.63, 3.8) is 0 Å². The minimum absolute atomic E-state index is 0.128. The van der Waals surface area contributed by atoms with Crippen molar-refractivity contribution in [2.75, 3.05) is 12.8 Å². The molecular weight excluding hydrogens is 318 g/mol. The van der Waals surface area contributed by atoms with Crippen molar-refractivity contribution in [1.82, 2.24) is 15.3 Å². The molecule has 0 fully saturated rings. The summed E-state index contributed by atoms with van der Waals surface area (Å²) < 4.78 is 5.08. The maximum absolute atomic E-state index is 11.4. The second kappa shape index (κ2) is 8.39. The average Bonchev–Trinajstić information content (AvgIpc) is 2.45. The number of carbonyl (C=O) groups is 2. The molecule has 0 aliphatic carbocycles. The van der Waals surface area contributed by atoms with E-state index in [-0.39, 0.29) is 11.3 Å². The highest BCUT2D eigenvalue weighted by Gasteiger charge is 2.15. The predicted octanol–water partition coefficient (Wildman–Crippen LogP) is 2.16. The number of aromatic carboxylic acids is 1. The number of carboxylic acids is 1. The predicted molar refractivity (Wildman–Crippen MR) is 86.5 cm³/mol. The first kappa shape index (κ1) is 18.8. The summed E-state index contributed by atoms with van der Waals surface area (Å²) >= 11 is 1.25. The summed E-state index contributed by atoms with van der Waals surface area (Å²) in [4.78, 5) is 30.5. The van der Waals surface area contributed by atoms with Gasteiger partial charge in [-0.2, -0.15) is 0 Å². The molecule has 1 amide bonds. The van der Waals surface area contributed by atoms with Gasteiger partial charge in [-0.05, 0) is 27.0 Å². The van der Waals surface area contributed by atoms with Gasteiger partial charge in [0.15, 0.2) is 10.9 Å². The van der Waals surface area contributed by atoms with E-state index in [1.807, 2.05) is 0 Å². The monoisotopic (exact) mass is 337 g/mol. The lowest BCUT2D eigenvalue weighted by Crippen LogP contribution is -2.32. The molecular formula is C15H19N3O4S. The molecule has 1 aromatic heterocycles. The van der Waals surface area contributed by atoms with Crippen LogP contribution in [0.25, 0.3) is 0 Å². The van der Waals surface area contributed by atoms with Crippen LogP contribution in [-0.2, 0) is 4.74 Å². The van der Waals surface area contributed by atoms with Crippen molar-refractivity contribution in [1.29, 1.82) is 0 Å². The van der Waals surface area contributed by atoms with Gasteiger partial charge in [-0.3, -0.25) is 0 Å². The van der Waals surface area contributed by atoms with E-state index in [0.717, 1.165) is 0 Å². The van der Waals surface area contributed by atoms with Crippen LogP contribution >= 0.6 is 11.8 Å².